The smallest absolute Gasteiger partial charge is 0.316 e. The molecular weight excluding hydrogens is 300 g/mol. The van der Waals surface area contributed by atoms with E-state index in [1.54, 1.807) is 0 Å². The first-order valence-electron chi connectivity index (χ1n) is 10.3. The van der Waals surface area contributed by atoms with E-state index in [4.69, 9.17) is 4.74 Å². The number of carbonyl (C=O) groups excluding carboxylic acids is 2. The predicted molar refractivity (Wildman–Crippen MR) is 96.7 cm³/mol. The van der Waals surface area contributed by atoms with Crippen molar-refractivity contribution in [2.24, 2.45) is 23.7 Å². The second-order valence-electron chi connectivity index (χ2n) is 8.00. The van der Waals surface area contributed by atoms with Crippen LogP contribution in [0.3, 0.4) is 0 Å². The van der Waals surface area contributed by atoms with Gasteiger partial charge in [0.05, 0.1) is 6.61 Å². The largest absolute Gasteiger partial charge is 0.465 e. The summed E-state index contributed by atoms with van der Waals surface area (Å²) in [5.74, 6) is 1.55. The van der Waals surface area contributed by atoms with Crippen LogP contribution in [-0.2, 0) is 14.3 Å². The Balaban J connectivity index is 1.72. The third-order valence-corrected chi connectivity index (χ3v) is 6.21. The zero-order valence-electron chi connectivity index (χ0n) is 15.7. The molecule has 2 rings (SSSR count). The molecule has 2 fully saturated rings. The summed E-state index contributed by atoms with van der Waals surface area (Å²) in [6.45, 7) is 4.87. The zero-order valence-corrected chi connectivity index (χ0v) is 15.7. The van der Waals surface area contributed by atoms with Gasteiger partial charge in [-0.25, -0.2) is 0 Å². The average Bonchev–Trinajstić information content (AvgIpc) is 2.59. The van der Waals surface area contributed by atoms with Gasteiger partial charge in [-0.05, 0) is 49.9 Å². The summed E-state index contributed by atoms with van der Waals surface area (Å²) >= 11 is 0. The summed E-state index contributed by atoms with van der Waals surface area (Å²) < 4.78 is 5.32. The minimum Gasteiger partial charge on any atom is -0.465 e. The lowest BCUT2D eigenvalue weighted by Crippen LogP contribution is -2.35. The van der Waals surface area contributed by atoms with Crippen LogP contribution in [-0.4, -0.2) is 18.4 Å². The van der Waals surface area contributed by atoms with Gasteiger partial charge in [0.1, 0.15) is 11.7 Å². The molecule has 2 unspecified atom stereocenters. The molecule has 0 radical (unpaired) electrons. The van der Waals surface area contributed by atoms with Crippen molar-refractivity contribution >= 4 is 11.8 Å². The Kier molecular flexibility index (Phi) is 8.28. The first kappa shape index (κ1) is 19.5. The molecule has 0 spiro atoms. The Morgan fingerprint density at radius 2 is 1.67 bits per heavy atom. The molecule has 0 aromatic heterocycles. The van der Waals surface area contributed by atoms with E-state index in [-0.39, 0.29) is 11.8 Å². The van der Waals surface area contributed by atoms with Crippen LogP contribution in [0.15, 0.2) is 0 Å². The molecule has 2 aliphatic rings. The molecule has 2 saturated carbocycles. The highest BCUT2D eigenvalue weighted by Gasteiger charge is 2.38. The van der Waals surface area contributed by atoms with E-state index in [0.717, 1.165) is 31.6 Å². The molecule has 3 nitrogen and oxygen atoms in total. The summed E-state index contributed by atoms with van der Waals surface area (Å²) in [5.41, 5.74) is 0. The van der Waals surface area contributed by atoms with Crippen molar-refractivity contribution in [3.63, 3.8) is 0 Å². The number of unbranched alkanes of at least 4 members (excludes halogenated alkanes) is 2. The van der Waals surface area contributed by atoms with E-state index in [1.165, 1.54) is 38.5 Å². The minimum absolute atomic E-state index is 0.141. The van der Waals surface area contributed by atoms with Crippen LogP contribution in [0.4, 0.5) is 0 Å². The molecule has 3 heteroatoms. The van der Waals surface area contributed by atoms with Crippen LogP contribution < -0.4 is 0 Å². The molecule has 0 aromatic rings. The molecule has 0 aliphatic heterocycles. The topological polar surface area (TPSA) is 43.4 Å². The van der Waals surface area contributed by atoms with Crippen molar-refractivity contribution in [1.29, 1.82) is 0 Å². The highest BCUT2D eigenvalue weighted by molar-refractivity contribution is 5.99. The third-order valence-electron chi connectivity index (χ3n) is 6.21. The Morgan fingerprint density at radius 1 is 0.958 bits per heavy atom. The van der Waals surface area contributed by atoms with Gasteiger partial charge in [0.2, 0.25) is 0 Å². The van der Waals surface area contributed by atoms with Crippen molar-refractivity contribution in [3.05, 3.63) is 0 Å². The van der Waals surface area contributed by atoms with Crippen LogP contribution in [0.2, 0.25) is 0 Å². The van der Waals surface area contributed by atoms with E-state index in [0.29, 0.717) is 31.3 Å². The maximum atomic E-state index is 12.4. The Bertz CT molecular complexity index is 396. The first-order chi connectivity index (χ1) is 11.7. The lowest BCUT2D eigenvalue weighted by atomic mass is 9.68. The molecule has 0 amide bonds. The van der Waals surface area contributed by atoms with Crippen LogP contribution >= 0.6 is 0 Å². The van der Waals surface area contributed by atoms with Gasteiger partial charge < -0.3 is 4.74 Å². The zero-order chi connectivity index (χ0) is 17.4. The van der Waals surface area contributed by atoms with Gasteiger partial charge in [-0.3, -0.25) is 9.59 Å². The Morgan fingerprint density at radius 3 is 2.29 bits per heavy atom. The fourth-order valence-corrected chi connectivity index (χ4v) is 4.68. The SMILES string of the molecule is CCCCCOC(=O)C1CCC(C2CCC(CCC)CC2)CC1=O. The fourth-order valence-electron chi connectivity index (χ4n) is 4.68. The quantitative estimate of drug-likeness (QED) is 0.343. The van der Waals surface area contributed by atoms with E-state index >= 15 is 0 Å². The molecule has 0 saturated heterocycles. The monoisotopic (exact) mass is 336 g/mol. The van der Waals surface area contributed by atoms with Gasteiger partial charge in [-0.15, -0.1) is 0 Å². The maximum absolute atomic E-state index is 12.4. The molecule has 24 heavy (non-hydrogen) atoms. The van der Waals surface area contributed by atoms with Crippen molar-refractivity contribution in [2.45, 2.75) is 90.9 Å². The van der Waals surface area contributed by atoms with Gasteiger partial charge >= 0.3 is 5.97 Å². The molecule has 0 bridgehead atoms. The predicted octanol–water partition coefficient (Wildman–Crippen LogP) is 5.31. The number of esters is 1. The summed E-state index contributed by atoms with van der Waals surface area (Å²) in [4.78, 5) is 24.6. The highest BCUT2D eigenvalue weighted by atomic mass is 16.5. The number of hydrogen-bond donors (Lipinski definition) is 0. The average molecular weight is 337 g/mol. The summed E-state index contributed by atoms with van der Waals surface area (Å²) in [6.07, 6.45) is 13.4. The number of rotatable bonds is 8. The molecular formula is C21H36O3. The number of ketones is 1. The van der Waals surface area contributed by atoms with Crippen LogP contribution in [0.25, 0.3) is 0 Å². The maximum Gasteiger partial charge on any atom is 0.316 e. The summed E-state index contributed by atoms with van der Waals surface area (Å²) in [7, 11) is 0. The third kappa shape index (κ3) is 5.60. The normalized spacial score (nSPS) is 31.0. The van der Waals surface area contributed by atoms with Crippen molar-refractivity contribution in [3.8, 4) is 0 Å². The molecule has 2 atom stereocenters. The molecule has 0 heterocycles. The van der Waals surface area contributed by atoms with Crippen molar-refractivity contribution in [2.75, 3.05) is 6.61 Å². The minimum atomic E-state index is -0.473. The van der Waals surface area contributed by atoms with Gasteiger partial charge in [0, 0.05) is 6.42 Å². The Hall–Kier alpha value is -0.860. The number of carbonyl (C=O) groups is 2. The standard InChI is InChI=1S/C21H36O3/c1-3-5-6-14-24-21(23)19-13-12-18(15-20(19)22)17-10-8-16(7-4-2)9-11-17/h16-19H,3-15H2,1-2H3. The lowest BCUT2D eigenvalue weighted by Gasteiger charge is -2.36. The molecule has 2 aliphatic carbocycles. The number of Topliss-reactive ketones (excluding diaryl/α,β-unsaturated/α-hetero) is 1. The second kappa shape index (κ2) is 10.2. The number of hydrogen-bond acceptors (Lipinski definition) is 3. The fraction of sp³-hybridized carbons (Fsp3) is 0.905. The van der Waals surface area contributed by atoms with E-state index in [9.17, 15) is 9.59 Å². The highest BCUT2D eigenvalue weighted by Crippen LogP contribution is 2.41. The van der Waals surface area contributed by atoms with Crippen LogP contribution in [0, 0.1) is 23.7 Å². The molecule has 138 valence electrons. The van der Waals surface area contributed by atoms with Crippen molar-refractivity contribution in [1.82, 2.24) is 0 Å². The van der Waals surface area contributed by atoms with Gasteiger partial charge in [-0.2, -0.15) is 0 Å². The van der Waals surface area contributed by atoms with Crippen LogP contribution in [0.1, 0.15) is 90.9 Å². The van der Waals surface area contributed by atoms with E-state index in [1.807, 2.05) is 0 Å². The summed E-state index contributed by atoms with van der Waals surface area (Å²) in [5, 5.41) is 0. The van der Waals surface area contributed by atoms with E-state index < -0.39 is 5.92 Å². The molecule has 0 N–H and O–H groups in total. The lowest BCUT2D eigenvalue weighted by molar-refractivity contribution is -0.154. The molecule has 0 aromatic carbocycles. The summed E-state index contributed by atoms with van der Waals surface area (Å²) in [6, 6.07) is 0. The van der Waals surface area contributed by atoms with E-state index in [2.05, 4.69) is 13.8 Å². The van der Waals surface area contributed by atoms with Crippen molar-refractivity contribution < 1.29 is 14.3 Å². The number of ether oxygens (including phenoxy) is 1. The first-order valence-corrected chi connectivity index (χ1v) is 10.3. The van der Waals surface area contributed by atoms with Gasteiger partial charge in [-0.1, -0.05) is 52.4 Å². The van der Waals surface area contributed by atoms with Crippen LogP contribution in [0.5, 0.6) is 0 Å². The van der Waals surface area contributed by atoms with Gasteiger partial charge in [0.15, 0.2) is 0 Å². The Labute approximate surface area is 147 Å². The second-order valence-corrected chi connectivity index (χ2v) is 8.00. The van der Waals surface area contributed by atoms with Gasteiger partial charge in [0.25, 0.3) is 0 Å².